The summed E-state index contributed by atoms with van der Waals surface area (Å²) in [6.45, 7) is 4.99. The normalized spacial score (nSPS) is 12.4. The second-order valence-electron chi connectivity index (χ2n) is 23.5. The number of amides is 1. The van der Waals surface area contributed by atoms with Crippen molar-refractivity contribution < 1.29 is 24.5 Å². The first-order chi connectivity index (χ1) is 36.0. The molecular formula is C67H133NO5. The number of aliphatic hydroxyl groups excluding tert-OH is 2. The standard InChI is InChI=1S/C67H133NO5/c1-3-5-7-9-11-13-15-17-18-19-20-21-22-23-24-27-30-33-36-39-43-47-51-55-59-65(70)64(63-69)68-66(71)60-56-52-48-44-40-37-34-31-28-25-26-29-32-35-38-42-46-50-54-58-62-73-67(72)61-57-53-49-45-41-16-14-12-10-8-6-4-2/h64-65,69-70H,3-63H2,1-2H3,(H,68,71). The third-order valence-electron chi connectivity index (χ3n) is 16.2. The molecule has 0 aliphatic carbocycles. The number of carbonyl (C=O) groups is 2. The number of ether oxygens (including phenoxy) is 1. The van der Waals surface area contributed by atoms with Crippen LogP contribution in [0.15, 0.2) is 0 Å². The molecule has 0 radical (unpaired) electrons. The third-order valence-corrected chi connectivity index (χ3v) is 16.2. The number of carbonyl (C=O) groups excluding carboxylic acids is 2. The van der Waals surface area contributed by atoms with E-state index in [1.165, 1.54) is 321 Å². The first-order valence-electron chi connectivity index (χ1n) is 33.8. The fraction of sp³-hybridized carbons (Fsp3) is 0.970. The van der Waals surface area contributed by atoms with Crippen molar-refractivity contribution in [2.75, 3.05) is 13.2 Å². The lowest BCUT2D eigenvalue weighted by molar-refractivity contribution is -0.143. The topological polar surface area (TPSA) is 95.9 Å². The van der Waals surface area contributed by atoms with Crippen LogP contribution in [-0.4, -0.2) is 47.4 Å². The predicted octanol–water partition coefficient (Wildman–Crippen LogP) is 21.4. The lowest BCUT2D eigenvalue weighted by Crippen LogP contribution is -2.45. The summed E-state index contributed by atoms with van der Waals surface area (Å²) in [5.74, 6) is -0.0184. The van der Waals surface area contributed by atoms with Crippen molar-refractivity contribution in [1.82, 2.24) is 5.32 Å². The maximum atomic E-state index is 12.5. The highest BCUT2D eigenvalue weighted by Gasteiger charge is 2.20. The monoisotopic (exact) mass is 1030 g/mol. The molecule has 3 N–H and O–H groups in total. The van der Waals surface area contributed by atoms with E-state index < -0.39 is 12.1 Å². The molecule has 0 aromatic carbocycles. The number of esters is 1. The van der Waals surface area contributed by atoms with Gasteiger partial charge in [-0.2, -0.15) is 0 Å². The van der Waals surface area contributed by atoms with Crippen molar-refractivity contribution in [3.05, 3.63) is 0 Å². The molecule has 6 nitrogen and oxygen atoms in total. The summed E-state index contributed by atoms with van der Waals surface area (Å²) in [4.78, 5) is 24.6. The summed E-state index contributed by atoms with van der Waals surface area (Å²) in [5, 5.41) is 23.4. The highest BCUT2D eigenvalue weighted by Crippen LogP contribution is 2.19. The van der Waals surface area contributed by atoms with E-state index in [1.54, 1.807) is 0 Å². The summed E-state index contributed by atoms with van der Waals surface area (Å²) >= 11 is 0. The molecular weight excluding hydrogens is 899 g/mol. The molecule has 0 heterocycles. The number of nitrogens with one attached hydrogen (secondary N) is 1. The molecule has 0 aromatic heterocycles. The van der Waals surface area contributed by atoms with Gasteiger partial charge in [-0.05, 0) is 25.7 Å². The van der Waals surface area contributed by atoms with Crippen LogP contribution in [0.2, 0.25) is 0 Å². The average molecular weight is 1030 g/mol. The number of unbranched alkanes of at least 4 members (excludes halogenated alkanes) is 53. The van der Waals surface area contributed by atoms with Crippen molar-refractivity contribution in [1.29, 1.82) is 0 Å². The van der Waals surface area contributed by atoms with Crippen molar-refractivity contribution >= 4 is 11.9 Å². The molecule has 1 amide bonds. The van der Waals surface area contributed by atoms with Gasteiger partial charge in [-0.25, -0.2) is 0 Å². The molecule has 2 unspecified atom stereocenters. The van der Waals surface area contributed by atoms with E-state index in [2.05, 4.69) is 19.2 Å². The van der Waals surface area contributed by atoms with Crippen LogP contribution >= 0.6 is 0 Å². The Balaban J connectivity index is 3.38. The molecule has 6 heteroatoms. The highest BCUT2D eigenvalue weighted by molar-refractivity contribution is 5.76. The lowest BCUT2D eigenvalue weighted by Gasteiger charge is -2.22. The maximum absolute atomic E-state index is 12.5. The molecule has 0 bridgehead atoms. The Kier molecular flexibility index (Phi) is 62.4. The van der Waals surface area contributed by atoms with Crippen LogP contribution in [0.3, 0.4) is 0 Å². The smallest absolute Gasteiger partial charge is 0.305 e. The molecule has 0 aliphatic heterocycles. The van der Waals surface area contributed by atoms with E-state index in [1.807, 2.05) is 0 Å². The number of hydrogen-bond donors (Lipinski definition) is 3. The van der Waals surface area contributed by atoms with Crippen molar-refractivity contribution in [2.45, 2.75) is 405 Å². The Morgan fingerprint density at radius 1 is 0.329 bits per heavy atom. The third kappa shape index (κ3) is 60.0. The van der Waals surface area contributed by atoms with Gasteiger partial charge in [0.15, 0.2) is 0 Å². The van der Waals surface area contributed by atoms with Crippen molar-refractivity contribution in [2.24, 2.45) is 0 Å². The molecule has 436 valence electrons. The largest absolute Gasteiger partial charge is 0.466 e. The quantitative estimate of drug-likeness (QED) is 0.0417. The Morgan fingerprint density at radius 3 is 0.836 bits per heavy atom. The first kappa shape index (κ1) is 71.9. The van der Waals surface area contributed by atoms with Gasteiger partial charge in [0.1, 0.15) is 0 Å². The lowest BCUT2D eigenvalue weighted by atomic mass is 10.0. The SMILES string of the molecule is CCCCCCCCCCCCCCCCCCCCCCCCCCC(O)C(CO)NC(=O)CCCCCCCCCCCCCCCCCCCCCCOC(=O)CCCCCCCCCCCCCC. The summed E-state index contributed by atoms with van der Waals surface area (Å²) in [7, 11) is 0. The van der Waals surface area contributed by atoms with Crippen LogP contribution in [0.25, 0.3) is 0 Å². The van der Waals surface area contributed by atoms with Crippen LogP contribution < -0.4 is 5.32 Å². The Labute approximate surface area is 457 Å². The van der Waals surface area contributed by atoms with Crippen molar-refractivity contribution in [3.8, 4) is 0 Å². The van der Waals surface area contributed by atoms with E-state index in [4.69, 9.17) is 4.74 Å². The molecule has 0 aromatic rings. The minimum absolute atomic E-state index is 0.0128. The summed E-state index contributed by atoms with van der Waals surface area (Å²) in [5.41, 5.74) is 0. The minimum Gasteiger partial charge on any atom is -0.466 e. The second-order valence-corrected chi connectivity index (χ2v) is 23.5. The van der Waals surface area contributed by atoms with Crippen LogP contribution in [-0.2, 0) is 14.3 Å². The average Bonchev–Trinajstić information content (AvgIpc) is 3.39. The summed E-state index contributed by atoms with van der Waals surface area (Å²) < 4.78 is 5.48. The molecule has 0 saturated heterocycles. The van der Waals surface area contributed by atoms with Gasteiger partial charge in [0, 0.05) is 12.8 Å². The van der Waals surface area contributed by atoms with E-state index >= 15 is 0 Å². The zero-order chi connectivity index (χ0) is 52.9. The molecule has 2 atom stereocenters. The fourth-order valence-corrected chi connectivity index (χ4v) is 11.0. The van der Waals surface area contributed by atoms with Gasteiger partial charge >= 0.3 is 5.97 Å². The Morgan fingerprint density at radius 2 is 0.562 bits per heavy atom. The molecule has 0 saturated carbocycles. The minimum atomic E-state index is -0.666. The van der Waals surface area contributed by atoms with Gasteiger partial charge < -0.3 is 20.3 Å². The van der Waals surface area contributed by atoms with Crippen LogP contribution in [0.5, 0.6) is 0 Å². The van der Waals surface area contributed by atoms with Gasteiger partial charge in [0.05, 0.1) is 25.4 Å². The Bertz CT molecular complexity index is 1050. The van der Waals surface area contributed by atoms with Gasteiger partial charge in [-0.1, -0.05) is 354 Å². The Hall–Kier alpha value is -1.14. The number of hydrogen-bond acceptors (Lipinski definition) is 5. The zero-order valence-corrected chi connectivity index (χ0v) is 49.9. The molecule has 0 rings (SSSR count). The first-order valence-corrected chi connectivity index (χ1v) is 33.8. The highest BCUT2D eigenvalue weighted by atomic mass is 16.5. The maximum Gasteiger partial charge on any atom is 0.305 e. The van der Waals surface area contributed by atoms with Gasteiger partial charge in [-0.15, -0.1) is 0 Å². The van der Waals surface area contributed by atoms with E-state index in [9.17, 15) is 19.8 Å². The van der Waals surface area contributed by atoms with E-state index in [-0.39, 0.29) is 18.5 Å². The summed E-state index contributed by atoms with van der Waals surface area (Å²) in [6, 6.07) is -0.543. The zero-order valence-electron chi connectivity index (χ0n) is 49.9. The van der Waals surface area contributed by atoms with Crippen LogP contribution in [0.1, 0.15) is 393 Å². The second kappa shape index (κ2) is 63.4. The number of aliphatic hydroxyl groups is 2. The molecule has 73 heavy (non-hydrogen) atoms. The van der Waals surface area contributed by atoms with Crippen LogP contribution in [0, 0.1) is 0 Å². The number of rotatable bonds is 64. The van der Waals surface area contributed by atoms with Gasteiger partial charge in [-0.3, -0.25) is 9.59 Å². The van der Waals surface area contributed by atoms with Crippen LogP contribution in [0.4, 0.5) is 0 Å². The summed E-state index contributed by atoms with van der Waals surface area (Å²) in [6.07, 6.45) is 75.6. The fourth-order valence-electron chi connectivity index (χ4n) is 11.0. The van der Waals surface area contributed by atoms with Gasteiger partial charge in [0.2, 0.25) is 5.91 Å². The van der Waals surface area contributed by atoms with E-state index in [0.29, 0.717) is 25.9 Å². The molecule has 0 aliphatic rings. The van der Waals surface area contributed by atoms with Gasteiger partial charge in [0.25, 0.3) is 0 Å². The molecule has 0 fully saturated rings. The van der Waals surface area contributed by atoms with Crippen molar-refractivity contribution in [3.63, 3.8) is 0 Å². The van der Waals surface area contributed by atoms with E-state index in [0.717, 1.165) is 38.5 Å². The predicted molar refractivity (Wildman–Crippen MR) is 320 cm³/mol. The molecule has 0 spiro atoms.